The average Bonchev–Trinajstić information content (AvgIpc) is 2.80. The highest BCUT2D eigenvalue weighted by molar-refractivity contribution is 7.91. The molecule has 1 amide bonds. The van der Waals surface area contributed by atoms with Crippen LogP contribution in [0, 0.1) is 25.6 Å². The minimum absolute atomic E-state index is 0.0254. The zero-order chi connectivity index (χ0) is 19.6. The Morgan fingerprint density at radius 1 is 1.27 bits per heavy atom. The number of rotatable bonds is 6. The van der Waals surface area contributed by atoms with E-state index in [9.17, 15) is 17.6 Å². The maximum Gasteiger partial charge on any atom is 0.228 e. The Kier molecular flexibility index (Phi) is 5.71. The number of sulfone groups is 1. The maximum atomic E-state index is 13.2. The Balaban J connectivity index is 2.74. The summed E-state index contributed by atoms with van der Waals surface area (Å²) in [6.45, 7) is 11.0. The van der Waals surface area contributed by atoms with Gasteiger partial charge in [-0.15, -0.1) is 6.58 Å². The summed E-state index contributed by atoms with van der Waals surface area (Å²) in [6.07, 6.45) is 1.63. The summed E-state index contributed by atoms with van der Waals surface area (Å²) in [7, 11) is -3.94. The van der Waals surface area contributed by atoms with Crippen molar-refractivity contribution in [1.29, 1.82) is 0 Å². The standard InChI is InChI=1S/C19H23FN2O3S/c1-6-11-22-14(5)13(4)17(18(22)21-19(23)12(2)3)26(24,25)16-9-7-15(20)8-10-16/h6-10,12H,1,11H2,2-5H3,(H,21,23). The second-order valence-electron chi connectivity index (χ2n) is 6.39. The molecule has 0 atom stereocenters. The van der Waals surface area contributed by atoms with Crippen LogP contribution >= 0.6 is 0 Å². The molecule has 0 saturated heterocycles. The van der Waals surface area contributed by atoms with E-state index in [4.69, 9.17) is 0 Å². The van der Waals surface area contributed by atoms with E-state index < -0.39 is 15.7 Å². The van der Waals surface area contributed by atoms with Gasteiger partial charge in [-0.2, -0.15) is 0 Å². The van der Waals surface area contributed by atoms with Crippen LogP contribution in [0.1, 0.15) is 25.1 Å². The van der Waals surface area contributed by atoms with Crippen molar-refractivity contribution in [2.75, 3.05) is 5.32 Å². The Morgan fingerprint density at radius 2 is 1.85 bits per heavy atom. The van der Waals surface area contributed by atoms with E-state index in [2.05, 4.69) is 11.9 Å². The van der Waals surface area contributed by atoms with Crippen LogP contribution in [0.2, 0.25) is 0 Å². The van der Waals surface area contributed by atoms with Crippen molar-refractivity contribution in [3.8, 4) is 0 Å². The lowest BCUT2D eigenvalue weighted by molar-refractivity contribution is -0.118. The van der Waals surface area contributed by atoms with Crippen LogP contribution in [0.4, 0.5) is 10.2 Å². The molecule has 140 valence electrons. The van der Waals surface area contributed by atoms with E-state index in [0.717, 1.165) is 12.1 Å². The van der Waals surface area contributed by atoms with Crippen molar-refractivity contribution < 1.29 is 17.6 Å². The number of hydrogen-bond donors (Lipinski definition) is 1. The number of anilines is 1. The highest BCUT2D eigenvalue weighted by Crippen LogP contribution is 2.35. The number of carbonyl (C=O) groups excluding carboxylic acids is 1. The summed E-state index contributed by atoms with van der Waals surface area (Å²) in [6, 6.07) is 4.64. The fraction of sp³-hybridized carbons (Fsp3) is 0.316. The first-order valence-electron chi connectivity index (χ1n) is 8.23. The van der Waals surface area contributed by atoms with Crippen LogP contribution in [0.25, 0.3) is 0 Å². The first kappa shape index (κ1) is 19.9. The minimum atomic E-state index is -3.94. The van der Waals surface area contributed by atoms with E-state index in [1.807, 2.05) is 0 Å². The third-order valence-electron chi connectivity index (χ3n) is 4.24. The van der Waals surface area contributed by atoms with Crippen LogP contribution in [-0.4, -0.2) is 18.9 Å². The summed E-state index contributed by atoms with van der Waals surface area (Å²) >= 11 is 0. The second kappa shape index (κ2) is 7.45. The van der Waals surface area contributed by atoms with E-state index >= 15 is 0 Å². The fourth-order valence-electron chi connectivity index (χ4n) is 2.64. The zero-order valence-electron chi connectivity index (χ0n) is 15.3. The van der Waals surface area contributed by atoms with Crippen molar-refractivity contribution in [2.24, 2.45) is 5.92 Å². The van der Waals surface area contributed by atoms with E-state index in [1.165, 1.54) is 12.1 Å². The molecule has 7 heteroatoms. The number of carbonyl (C=O) groups is 1. The van der Waals surface area contributed by atoms with Gasteiger partial charge in [0.2, 0.25) is 15.7 Å². The molecule has 2 rings (SSSR count). The maximum absolute atomic E-state index is 13.2. The quantitative estimate of drug-likeness (QED) is 0.613. The molecule has 0 spiro atoms. The number of benzene rings is 1. The van der Waals surface area contributed by atoms with Crippen molar-refractivity contribution in [3.63, 3.8) is 0 Å². The topological polar surface area (TPSA) is 68.2 Å². The lowest BCUT2D eigenvalue weighted by Crippen LogP contribution is -2.21. The van der Waals surface area contributed by atoms with E-state index in [1.54, 1.807) is 38.3 Å². The number of halogens is 1. The largest absolute Gasteiger partial charge is 0.327 e. The minimum Gasteiger partial charge on any atom is -0.327 e. The van der Waals surface area contributed by atoms with Gasteiger partial charge < -0.3 is 9.88 Å². The average molecular weight is 378 g/mol. The Hall–Kier alpha value is -2.41. The summed E-state index contributed by atoms with van der Waals surface area (Å²) in [4.78, 5) is 12.3. The van der Waals surface area contributed by atoms with Crippen LogP contribution < -0.4 is 5.32 Å². The molecule has 0 radical (unpaired) electrons. The van der Waals surface area contributed by atoms with Crippen molar-refractivity contribution in [1.82, 2.24) is 4.57 Å². The predicted molar refractivity (Wildman–Crippen MR) is 99.4 cm³/mol. The molecule has 0 aliphatic carbocycles. The van der Waals surface area contributed by atoms with Gasteiger partial charge in [0.15, 0.2) is 0 Å². The molecule has 0 aliphatic rings. The third kappa shape index (κ3) is 3.58. The number of hydrogen-bond acceptors (Lipinski definition) is 3. The van der Waals surface area contributed by atoms with Crippen molar-refractivity contribution in [3.05, 3.63) is 54.0 Å². The molecule has 1 aromatic carbocycles. The third-order valence-corrected chi connectivity index (χ3v) is 6.17. The van der Waals surface area contributed by atoms with Crippen LogP contribution in [0.5, 0.6) is 0 Å². The lowest BCUT2D eigenvalue weighted by Gasteiger charge is -2.14. The highest BCUT2D eigenvalue weighted by atomic mass is 32.2. The second-order valence-corrected chi connectivity index (χ2v) is 8.28. The van der Waals surface area contributed by atoms with Crippen LogP contribution in [0.3, 0.4) is 0 Å². The normalized spacial score (nSPS) is 11.6. The fourth-order valence-corrected chi connectivity index (χ4v) is 4.33. The number of nitrogens with zero attached hydrogens (tertiary/aromatic N) is 1. The van der Waals surface area contributed by atoms with Crippen LogP contribution in [0.15, 0.2) is 46.7 Å². The van der Waals surface area contributed by atoms with E-state index in [-0.39, 0.29) is 27.4 Å². The van der Waals surface area contributed by atoms with Gasteiger partial charge in [0.05, 0.1) is 4.90 Å². The van der Waals surface area contributed by atoms with Gasteiger partial charge in [0.25, 0.3) is 0 Å². The molecule has 1 aromatic heterocycles. The number of allylic oxidation sites excluding steroid dienone is 1. The highest BCUT2D eigenvalue weighted by Gasteiger charge is 2.30. The molecule has 0 aliphatic heterocycles. The van der Waals surface area contributed by atoms with E-state index in [0.29, 0.717) is 17.8 Å². The van der Waals surface area contributed by atoms with Gasteiger partial charge in [-0.1, -0.05) is 19.9 Å². The molecule has 0 saturated carbocycles. The SMILES string of the molecule is C=CCn1c(C)c(C)c(S(=O)(=O)c2ccc(F)cc2)c1NC(=O)C(C)C. The van der Waals surface area contributed by atoms with Gasteiger partial charge in [-0.3, -0.25) is 4.79 Å². The number of nitrogens with one attached hydrogen (secondary N) is 1. The Labute approximate surface area is 153 Å². The molecule has 26 heavy (non-hydrogen) atoms. The van der Waals surface area contributed by atoms with Gasteiger partial charge in [0, 0.05) is 18.2 Å². The summed E-state index contributed by atoms with van der Waals surface area (Å²) in [5.41, 5.74) is 1.25. The first-order chi connectivity index (χ1) is 12.1. The van der Waals surface area contributed by atoms with Gasteiger partial charge in [-0.05, 0) is 43.7 Å². The molecular formula is C19H23FN2O3S. The monoisotopic (exact) mass is 378 g/mol. The van der Waals surface area contributed by atoms with Gasteiger partial charge in [-0.25, -0.2) is 12.8 Å². The van der Waals surface area contributed by atoms with Gasteiger partial charge >= 0.3 is 0 Å². The Morgan fingerprint density at radius 3 is 2.35 bits per heavy atom. The molecule has 1 heterocycles. The lowest BCUT2D eigenvalue weighted by atomic mass is 10.2. The first-order valence-corrected chi connectivity index (χ1v) is 9.71. The number of amides is 1. The molecule has 0 fully saturated rings. The molecule has 5 nitrogen and oxygen atoms in total. The molecule has 2 aromatic rings. The molecule has 0 unspecified atom stereocenters. The van der Waals surface area contributed by atoms with Gasteiger partial charge in [0.1, 0.15) is 16.5 Å². The molecular weight excluding hydrogens is 355 g/mol. The van der Waals surface area contributed by atoms with Crippen LogP contribution in [-0.2, 0) is 21.2 Å². The summed E-state index contributed by atoms with van der Waals surface area (Å²) in [5, 5.41) is 2.74. The smallest absolute Gasteiger partial charge is 0.228 e. The Bertz CT molecular complexity index is 942. The summed E-state index contributed by atoms with van der Waals surface area (Å²) < 4.78 is 41.3. The predicted octanol–water partition coefficient (Wildman–Crippen LogP) is 3.86. The van der Waals surface area contributed by atoms with Crippen molar-refractivity contribution in [2.45, 2.75) is 44.0 Å². The molecule has 0 bridgehead atoms. The zero-order valence-corrected chi connectivity index (χ0v) is 16.2. The number of aromatic nitrogens is 1. The van der Waals surface area contributed by atoms with Crippen molar-refractivity contribution >= 4 is 21.6 Å². The summed E-state index contributed by atoms with van der Waals surface area (Å²) in [5.74, 6) is -0.912. The molecule has 1 N–H and O–H groups in total.